The quantitative estimate of drug-likeness (QED) is 0.685. The molecule has 2 aromatic heterocycles. The number of aromatic nitrogens is 3. The second kappa shape index (κ2) is 4.38. The smallest absolute Gasteiger partial charge is 0.216 e. The van der Waals surface area contributed by atoms with Gasteiger partial charge in [-0.15, -0.1) is 11.3 Å². The van der Waals surface area contributed by atoms with Crippen LogP contribution in [0.15, 0.2) is 21.0 Å². The van der Waals surface area contributed by atoms with E-state index in [2.05, 4.69) is 31.2 Å². The first-order chi connectivity index (χ1) is 7.16. The Kier molecular flexibility index (Phi) is 3.13. The van der Waals surface area contributed by atoms with Crippen molar-refractivity contribution < 1.29 is 0 Å². The number of H-pyrrole nitrogens is 1. The summed E-state index contributed by atoms with van der Waals surface area (Å²) in [5.74, 6) is 0.742. The van der Waals surface area contributed by atoms with Crippen LogP contribution in [0.2, 0.25) is 0 Å². The molecule has 0 saturated carbocycles. The Morgan fingerprint density at radius 2 is 2.47 bits per heavy atom. The third kappa shape index (κ3) is 2.42. The molecule has 0 radical (unpaired) electrons. The minimum absolute atomic E-state index is 0.499. The molecule has 15 heavy (non-hydrogen) atoms. The number of halogens is 1. The molecule has 2 aromatic rings. The summed E-state index contributed by atoms with van der Waals surface area (Å²) in [5.41, 5.74) is 0. The lowest BCUT2D eigenvalue weighted by molar-refractivity contribution is 0.821. The first-order valence-electron chi connectivity index (χ1n) is 4.10. The Morgan fingerprint density at radius 1 is 1.67 bits per heavy atom. The van der Waals surface area contributed by atoms with Crippen molar-refractivity contribution in [1.29, 1.82) is 0 Å². The molecule has 0 aromatic carbocycles. The predicted octanol–water partition coefficient (Wildman–Crippen LogP) is 2.96. The van der Waals surface area contributed by atoms with Gasteiger partial charge in [0.15, 0.2) is 0 Å². The zero-order valence-corrected chi connectivity index (χ0v) is 11.0. The molecule has 4 nitrogen and oxygen atoms in total. The van der Waals surface area contributed by atoms with Crippen molar-refractivity contribution in [2.75, 3.05) is 0 Å². The molecule has 0 atom stereocenters. The fourth-order valence-corrected chi connectivity index (χ4v) is 2.53. The molecule has 0 aliphatic heterocycles. The van der Waals surface area contributed by atoms with Gasteiger partial charge in [-0.3, -0.25) is 5.10 Å². The van der Waals surface area contributed by atoms with Crippen molar-refractivity contribution in [3.05, 3.63) is 31.4 Å². The average molecular weight is 303 g/mol. The number of thiophene rings is 1. The van der Waals surface area contributed by atoms with Gasteiger partial charge in [-0.25, -0.2) is 0 Å². The van der Waals surface area contributed by atoms with E-state index < -0.39 is 0 Å². The molecule has 7 heteroatoms. The number of aryl methyl sites for hydroxylation is 1. The van der Waals surface area contributed by atoms with Gasteiger partial charge in [0.1, 0.15) is 5.82 Å². The number of rotatable bonds is 2. The van der Waals surface area contributed by atoms with Gasteiger partial charge in [0, 0.05) is 4.88 Å². The average Bonchev–Trinajstić information content (AvgIpc) is 2.73. The second-order valence-electron chi connectivity index (χ2n) is 2.77. The molecule has 1 N–H and O–H groups in total. The Labute approximate surface area is 104 Å². The van der Waals surface area contributed by atoms with Crippen LogP contribution in [0.4, 0.5) is 0 Å². The summed E-state index contributed by atoms with van der Waals surface area (Å²) in [5, 5.41) is 10.9. The lowest BCUT2D eigenvalue weighted by atomic mass is 10.5. The number of hydrogen-bond acceptors (Lipinski definition) is 4. The standard InChI is InChI=1S/C8H7BrN4S2/c1-5-11-12-8(14)13(5)10-4-6-2-3-7(9)15-6/h2-4H,1H3,(H,12,14)/b10-4-. The third-order valence-corrected chi connectivity index (χ3v) is 3.53. The molecule has 2 rings (SSSR count). The Bertz CT molecular complexity index is 551. The SMILES string of the molecule is Cc1n[nH]c(=S)n1/N=C\c1ccc(Br)s1. The number of nitrogens with one attached hydrogen (secondary N) is 1. The number of hydrogen-bond donors (Lipinski definition) is 1. The van der Waals surface area contributed by atoms with Crippen molar-refractivity contribution in [2.24, 2.45) is 5.10 Å². The van der Waals surface area contributed by atoms with Crippen LogP contribution in [0.1, 0.15) is 10.7 Å². The maximum absolute atomic E-state index is 5.02. The first kappa shape index (κ1) is 10.7. The third-order valence-electron chi connectivity index (χ3n) is 1.71. The van der Waals surface area contributed by atoms with Gasteiger partial charge < -0.3 is 0 Å². The van der Waals surface area contributed by atoms with E-state index >= 15 is 0 Å². The van der Waals surface area contributed by atoms with Gasteiger partial charge in [0.2, 0.25) is 4.77 Å². The monoisotopic (exact) mass is 302 g/mol. The van der Waals surface area contributed by atoms with Crippen LogP contribution in [0, 0.1) is 11.7 Å². The van der Waals surface area contributed by atoms with Crippen LogP contribution < -0.4 is 0 Å². The van der Waals surface area contributed by atoms with E-state index in [-0.39, 0.29) is 0 Å². The summed E-state index contributed by atoms with van der Waals surface area (Å²) in [6.45, 7) is 1.84. The summed E-state index contributed by atoms with van der Waals surface area (Å²) in [4.78, 5) is 1.06. The first-order valence-corrected chi connectivity index (χ1v) is 6.12. The molecule has 0 aliphatic rings. The highest BCUT2D eigenvalue weighted by Crippen LogP contribution is 2.20. The molecule has 0 unspecified atom stereocenters. The highest BCUT2D eigenvalue weighted by Gasteiger charge is 1.98. The summed E-state index contributed by atoms with van der Waals surface area (Å²) < 4.78 is 3.17. The largest absolute Gasteiger partial charge is 0.250 e. The minimum atomic E-state index is 0.499. The van der Waals surface area contributed by atoms with Crippen LogP contribution >= 0.6 is 39.5 Å². The zero-order valence-electron chi connectivity index (χ0n) is 7.77. The van der Waals surface area contributed by atoms with Crippen molar-refractivity contribution in [1.82, 2.24) is 14.9 Å². The highest BCUT2D eigenvalue weighted by molar-refractivity contribution is 9.11. The molecule has 0 aliphatic carbocycles. The van der Waals surface area contributed by atoms with Gasteiger partial charge in [0.25, 0.3) is 0 Å². The van der Waals surface area contributed by atoms with E-state index in [0.29, 0.717) is 4.77 Å². The molecule has 0 saturated heterocycles. The van der Waals surface area contributed by atoms with Gasteiger partial charge in [0.05, 0.1) is 10.0 Å². The summed E-state index contributed by atoms with van der Waals surface area (Å²) in [7, 11) is 0. The van der Waals surface area contributed by atoms with Crippen molar-refractivity contribution in [3.63, 3.8) is 0 Å². The van der Waals surface area contributed by atoms with Gasteiger partial charge in [-0.05, 0) is 47.2 Å². The van der Waals surface area contributed by atoms with E-state index in [4.69, 9.17) is 12.2 Å². The summed E-state index contributed by atoms with van der Waals surface area (Å²) in [6, 6.07) is 3.96. The number of aromatic amines is 1. The highest BCUT2D eigenvalue weighted by atomic mass is 79.9. The Morgan fingerprint density at radius 3 is 3.00 bits per heavy atom. The van der Waals surface area contributed by atoms with Crippen molar-refractivity contribution >= 4 is 45.7 Å². The molecule has 2 heterocycles. The van der Waals surface area contributed by atoms with Crippen LogP contribution in [-0.4, -0.2) is 21.1 Å². The molecular weight excluding hydrogens is 296 g/mol. The van der Waals surface area contributed by atoms with Gasteiger partial charge >= 0.3 is 0 Å². The van der Waals surface area contributed by atoms with Gasteiger partial charge in [-0.1, -0.05) is 0 Å². The fourth-order valence-electron chi connectivity index (χ4n) is 1.02. The minimum Gasteiger partial charge on any atom is -0.250 e. The van der Waals surface area contributed by atoms with Crippen LogP contribution in [0.3, 0.4) is 0 Å². The predicted molar refractivity (Wildman–Crippen MR) is 67.2 cm³/mol. The molecule has 0 spiro atoms. The van der Waals surface area contributed by atoms with Gasteiger partial charge in [-0.2, -0.15) is 14.9 Å². The van der Waals surface area contributed by atoms with E-state index in [1.54, 1.807) is 22.2 Å². The molecule has 0 fully saturated rings. The molecule has 0 bridgehead atoms. The van der Waals surface area contributed by atoms with Crippen LogP contribution in [-0.2, 0) is 0 Å². The molecular formula is C8H7BrN4S2. The van der Waals surface area contributed by atoms with Crippen LogP contribution in [0.25, 0.3) is 0 Å². The Hall–Kier alpha value is -0.790. The lowest BCUT2D eigenvalue weighted by Crippen LogP contribution is -1.92. The normalized spacial score (nSPS) is 11.3. The van der Waals surface area contributed by atoms with E-state index in [0.717, 1.165) is 14.5 Å². The van der Waals surface area contributed by atoms with E-state index in [1.807, 2.05) is 19.1 Å². The summed E-state index contributed by atoms with van der Waals surface area (Å²) in [6.07, 6.45) is 1.76. The topological polar surface area (TPSA) is 46.0 Å². The van der Waals surface area contributed by atoms with E-state index in [1.165, 1.54) is 0 Å². The second-order valence-corrected chi connectivity index (χ2v) is 5.66. The molecule has 0 amide bonds. The Balaban J connectivity index is 2.29. The summed E-state index contributed by atoms with van der Waals surface area (Å²) >= 11 is 10.0. The fraction of sp³-hybridized carbons (Fsp3) is 0.125. The van der Waals surface area contributed by atoms with E-state index in [9.17, 15) is 0 Å². The maximum atomic E-state index is 5.02. The van der Waals surface area contributed by atoms with Crippen molar-refractivity contribution in [2.45, 2.75) is 6.92 Å². The number of nitrogens with zero attached hydrogens (tertiary/aromatic N) is 3. The van der Waals surface area contributed by atoms with Crippen molar-refractivity contribution in [3.8, 4) is 0 Å². The van der Waals surface area contributed by atoms with Crippen LogP contribution in [0.5, 0.6) is 0 Å². The maximum Gasteiger partial charge on any atom is 0.216 e. The molecule has 78 valence electrons. The zero-order chi connectivity index (χ0) is 10.8. The lowest BCUT2D eigenvalue weighted by Gasteiger charge is -1.91.